The van der Waals surface area contributed by atoms with Crippen LogP contribution in [0.25, 0.3) is 10.8 Å². The van der Waals surface area contributed by atoms with Crippen LogP contribution in [0.4, 0.5) is 0 Å². The molecule has 0 atom stereocenters. The molecule has 0 unspecified atom stereocenters. The van der Waals surface area contributed by atoms with Gasteiger partial charge < -0.3 is 4.57 Å². The van der Waals surface area contributed by atoms with Gasteiger partial charge in [-0.1, -0.05) is 72.4 Å². The summed E-state index contributed by atoms with van der Waals surface area (Å²) < 4.78 is 27.0. The minimum absolute atomic E-state index is 0.171. The van der Waals surface area contributed by atoms with Crippen LogP contribution in [0.5, 0.6) is 0 Å². The van der Waals surface area contributed by atoms with Crippen LogP contribution in [0.1, 0.15) is 11.4 Å². The average molecular weight is 410 g/mol. The second-order valence-electron chi connectivity index (χ2n) is 6.46. The Balaban J connectivity index is 1.53. The molecule has 4 rings (SSSR count). The minimum atomic E-state index is -3.45. The number of thioether (sulfide) groups is 1. The Morgan fingerprint density at radius 2 is 1.61 bits per heavy atom. The van der Waals surface area contributed by atoms with Crippen molar-refractivity contribution in [3.8, 4) is 0 Å². The molecule has 0 saturated carbocycles. The summed E-state index contributed by atoms with van der Waals surface area (Å²) in [6.07, 6.45) is 0. The second-order valence-corrected chi connectivity index (χ2v) is 9.39. The monoisotopic (exact) mass is 409 g/mol. The Morgan fingerprint density at radius 3 is 2.43 bits per heavy atom. The van der Waals surface area contributed by atoms with Crippen molar-refractivity contribution in [2.45, 2.75) is 21.6 Å². The van der Waals surface area contributed by atoms with Gasteiger partial charge in [-0.2, -0.15) is 0 Å². The number of sulfone groups is 1. The molecule has 5 nitrogen and oxygen atoms in total. The van der Waals surface area contributed by atoms with Gasteiger partial charge in [-0.25, -0.2) is 8.42 Å². The van der Waals surface area contributed by atoms with Gasteiger partial charge in [0.1, 0.15) is 11.6 Å². The molecule has 7 heteroatoms. The summed E-state index contributed by atoms with van der Waals surface area (Å²) in [7, 11) is -1.64. The maximum absolute atomic E-state index is 12.6. The molecule has 4 aromatic rings. The highest BCUT2D eigenvalue weighted by atomic mass is 32.2. The molecule has 0 fully saturated rings. The Morgan fingerprint density at radius 1 is 0.893 bits per heavy atom. The first-order valence-electron chi connectivity index (χ1n) is 8.80. The van der Waals surface area contributed by atoms with E-state index in [4.69, 9.17) is 0 Å². The highest BCUT2D eigenvalue weighted by molar-refractivity contribution is 7.98. The number of hydrogen-bond donors (Lipinski definition) is 0. The lowest BCUT2D eigenvalue weighted by Gasteiger charge is -2.07. The Hall–Kier alpha value is -2.64. The molecule has 3 aromatic carbocycles. The Kier molecular flexibility index (Phi) is 5.19. The van der Waals surface area contributed by atoms with Gasteiger partial charge in [-0.05, 0) is 28.5 Å². The van der Waals surface area contributed by atoms with E-state index >= 15 is 0 Å². The van der Waals surface area contributed by atoms with Crippen LogP contribution in [0.2, 0.25) is 0 Å². The van der Waals surface area contributed by atoms with Gasteiger partial charge in [-0.15, -0.1) is 10.2 Å². The van der Waals surface area contributed by atoms with Crippen molar-refractivity contribution in [1.82, 2.24) is 14.8 Å². The minimum Gasteiger partial charge on any atom is -0.308 e. The van der Waals surface area contributed by atoms with Crippen LogP contribution in [0, 0.1) is 0 Å². The fourth-order valence-corrected chi connectivity index (χ4v) is 5.30. The van der Waals surface area contributed by atoms with E-state index in [1.54, 1.807) is 53.7 Å². The van der Waals surface area contributed by atoms with E-state index in [0.717, 1.165) is 5.75 Å². The first kappa shape index (κ1) is 18.7. The number of benzene rings is 3. The summed E-state index contributed by atoms with van der Waals surface area (Å²) in [5, 5.41) is 11.4. The zero-order valence-electron chi connectivity index (χ0n) is 15.3. The number of nitrogens with zero attached hydrogens (tertiary/aromatic N) is 3. The van der Waals surface area contributed by atoms with Crippen LogP contribution < -0.4 is 0 Å². The number of hydrogen-bond acceptors (Lipinski definition) is 5. The van der Waals surface area contributed by atoms with Crippen LogP contribution in [0.3, 0.4) is 0 Å². The van der Waals surface area contributed by atoms with Gasteiger partial charge in [0, 0.05) is 12.8 Å². The van der Waals surface area contributed by atoms with Crippen molar-refractivity contribution in [3.63, 3.8) is 0 Å². The first-order valence-corrected chi connectivity index (χ1v) is 11.4. The molecule has 1 aromatic heterocycles. The Bertz CT molecular complexity index is 1210. The van der Waals surface area contributed by atoms with E-state index in [-0.39, 0.29) is 5.75 Å². The standard InChI is InChI=1S/C21H19N3O2S2/c1-24-20(15-28(25,26)18-11-3-2-4-12-18)22-23-21(24)27-14-17-10-7-9-16-8-5-6-13-19(16)17/h2-13H,14-15H2,1H3. The van der Waals surface area contributed by atoms with E-state index in [1.807, 2.05) is 18.2 Å². The van der Waals surface area contributed by atoms with Crippen molar-refractivity contribution >= 4 is 32.4 Å². The number of aromatic nitrogens is 3. The largest absolute Gasteiger partial charge is 0.308 e. The SMILES string of the molecule is Cn1c(CS(=O)(=O)c2ccccc2)nnc1SCc1cccc2ccccc12. The fraction of sp³-hybridized carbons (Fsp3) is 0.143. The quantitative estimate of drug-likeness (QED) is 0.446. The maximum Gasteiger partial charge on any atom is 0.191 e. The molecular weight excluding hydrogens is 390 g/mol. The molecular formula is C21H19N3O2S2. The summed E-state index contributed by atoms with van der Waals surface area (Å²) in [6.45, 7) is 0. The van der Waals surface area contributed by atoms with E-state index in [9.17, 15) is 8.42 Å². The molecule has 0 aliphatic heterocycles. The third-order valence-corrected chi connectivity index (χ3v) is 7.28. The molecule has 0 aliphatic carbocycles. The van der Waals surface area contributed by atoms with Crippen LogP contribution in [0.15, 0.2) is 82.8 Å². The molecule has 0 bridgehead atoms. The lowest BCUT2D eigenvalue weighted by molar-refractivity contribution is 0.591. The molecule has 0 aliphatic rings. The summed E-state index contributed by atoms with van der Waals surface area (Å²) in [5.41, 5.74) is 1.21. The van der Waals surface area contributed by atoms with Crippen LogP contribution in [-0.2, 0) is 28.4 Å². The van der Waals surface area contributed by atoms with Crippen molar-refractivity contribution in [2.24, 2.45) is 7.05 Å². The normalized spacial score (nSPS) is 11.8. The fourth-order valence-electron chi connectivity index (χ4n) is 3.04. The van der Waals surface area contributed by atoms with Crippen molar-refractivity contribution < 1.29 is 8.42 Å². The van der Waals surface area contributed by atoms with Crippen LogP contribution >= 0.6 is 11.8 Å². The summed E-state index contributed by atoms with van der Waals surface area (Å²) in [4.78, 5) is 0.294. The van der Waals surface area contributed by atoms with Gasteiger partial charge in [0.25, 0.3) is 0 Å². The molecule has 0 N–H and O–H groups in total. The number of rotatable bonds is 6. The molecule has 0 radical (unpaired) electrons. The van der Waals surface area contributed by atoms with Gasteiger partial charge >= 0.3 is 0 Å². The summed E-state index contributed by atoms with van der Waals surface area (Å²) >= 11 is 1.55. The van der Waals surface area contributed by atoms with Gasteiger partial charge in [-0.3, -0.25) is 0 Å². The van der Waals surface area contributed by atoms with Crippen molar-refractivity contribution in [1.29, 1.82) is 0 Å². The van der Waals surface area contributed by atoms with E-state index in [1.165, 1.54) is 16.3 Å². The molecule has 1 heterocycles. The molecule has 28 heavy (non-hydrogen) atoms. The third-order valence-electron chi connectivity index (χ3n) is 4.58. The predicted octanol–water partition coefficient (Wildman–Crippen LogP) is 4.23. The Labute approximate surface area is 168 Å². The van der Waals surface area contributed by atoms with E-state index in [0.29, 0.717) is 15.9 Å². The zero-order chi connectivity index (χ0) is 19.6. The highest BCUT2D eigenvalue weighted by Crippen LogP contribution is 2.27. The van der Waals surface area contributed by atoms with Gasteiger partial charge in [0.2, 0.25) is 0 Å². The number of fused-ring (bicyclic) bond motifs is 1. The second kappa shape index (κ2) is 7.77. The van der Waals surface area contributed by atoms with Crippen molar-refractivity contribution in [3.05, 3.63) is 84.2 Å². The smallest absolute Gasteiger partial charge is 0.191 e. The lowest BCUT2D eigenvalue weighted by atomic mass is 10.1. The van der Waals surface area contributed by atoms with E-state index < -0.39 is 9.84 Å². The molecule has 0 amide bonds. The molecule has 0 spiro atoms. The van der Waals surface area contributed by atoms with E-state index in [2.05, 4.69) is 34.5 Å². The van der Waals surface area contributed by atoms with Crippen LogP contribution in [-0.4, -0.2) is 23.2 Å². The molecule has 0 saturated heterocycles. The molecule has 142 valence electrons. The summed E-state index contributed by atoms with van der Waals surface area (Å²) in [6, 6.07) is 22.9. The van der Waals surface area contributed by atoms with Crippen molar-refractivity contribution in [2.75, 3.05) is 0 Å². The topological polar surface area (TPSA) is 64.8 Å². The average Bonchev–Trinajstić information content (AvgIpc) is 3.06. The highest BCUT2D eigenvalue weighted by Gasteiger charge is 2.20. The maximum atomic E-state index is 12.6. The van der Waals surface area contributed by atoms with Gasteiger partial charge in [0.15, 0.2) is 15.0 Å². The van der Waals surface area contributed by atoms with Gasteiger partial charge in [0.05, 0.1) is 4.90 Å². The first-order chi connectivity index (χ1) is 13.5. The lowest BCUT2D eigenvalue weighted by Crippen LogP contribution is -2.09. The predicted molar refractivity (Wildman–Crippen MR) is 112 cm³/mol. The zero-order valence-corrected chi connectivity index (χ0v) is 17.0. The third kappa shape index (κ3) is 3.81. The summed E-state index contributed by atoms with van der Waals surface area (Å²) in [5.74, 6) is 0.998.